The van der Waals surface area contributed by atoms with Crippen LogP contribution in [-0.2, 0) is 0 Å². The lowest BCUT2D eigenvalue weighted by Crippen LogP contribution is -2.39. The van der Waals surface area contributed by atoms with E-state index in [0.717, 1.165) is 32.5 Å². The number of urea groups is 1. The van der Waals surface area contributed by atoms with Gasteiger partial charge < -0.3 is 14.9 Å². The lowest BCUT2D eigenvalue weighted by Gasteiger charge is -2.23. The molecule has 1 heterocycles. The SMILES string of the molecule is CCN(C)C(=O)N1CCC(CCO)C1. The van der Waals surface area contributed by atoms with Gasteiger partial charge in [-0.2, -0.15) is 0 Å². The summed E-state index contributed by atoms with van der Waals surface area (Å²) >= 11 is 0. The Kier molecular flexibility index (Phi) is 4.20. The van der Waals surface area contributed by atoms with Crippen LogP contribution < -0.4 is 0 Å². The van der Waals surface area contributed by atoms with Crippen molar-refractivity contribution in [2.24, 2.45) is 5.92 Å². The summed E-state index contributed by atoms with van der Waals surface area (Å²) < 4.78 is 0. The Labute approximate surface area is 85.5 Å². The number of rotatable bonds is 3. The molecule has 4 heteroatoms. The van der Waals surface area contributed by atoms with Gasteiger partial charge in [-0.15, -0.1) is 0 Å². The molecule has 0 aromatic carbocycles. The molecule has 0 aromatic rings. The van der Waals surface area contributed by atoms with Crippen molar-refractivity contribution < 1.29 is 9.90 Å². The Morgan fingerprint density at radius 1 is 1.64 bits per heavy atom. The molecule has 1 rings (SSSR count). The maximum atomic E-state index is 11.7. The zero-order valence-electron chi connectivity index (χ0n) is 9.07. The molecule has 0 spiro atoms. The standard InChI is InChI=1S/C10H20N2O2/c1-3-11(2)10(14)12-6-4-9(8-12)5-7-13/h9,13H,3-8H2,1-2H3. The van der Waals surface area contributed by atoms with Crippen LogP contribution in [0.15, 0.2) is 0 Å². The van der Waals surface area contributed by atoms with Crippen LogP contribution >= 0.6 is 0 Å². The van der Waals surface area contributed by atoms with Crippen LogP contribution in [0.25, 0.3) is 0 Å². The monoisotopic (exact) mass is 200 g/mol. The Morgan fingerprint density at radius 2 is 2.36 bits per heavy atom. The van der Waals surface area contributed by atoms with Crippen LogP contribution in [-0.4, -0.2) is 54.2 Å². The quantitative estimate of drug-likeness (QED) is 0.731. The van der Waals surface area contributed by atoms with Crippen molar-refractivity contribution >= 4 is 6.03 Å². The number of amides is 2. The van der Waals surface area contributed by atoms with E-state index in [2.05, 4.69) is 0 Å². The molecule has 1 N–H and O–H groups in total. The fourth-order valence-electron chi connectivity index (χ4n) is 1.80. The minimum Gasteiger partial charge on any atom is -0.396 e. The van der Waals surface area contributed by atoms with Gasteiger partial charge in [-0.25, -0.2) is 4.79 Å². The highest BCUT2D eigenvalue weighted by atomic mass is 16.3. The minimum atomic E-state index is 0.118. The molecule has 1 aliphatic heterocycles. The molecule has 1 unspecified atom stereocenters. The molecule has 1 fully saturated rings. The van der Waals surface area contributed by atoms with Crippen LogP contribution in [0.3, 0.4) is 0 Å². The number of likely N-dealkylation sites (tertiary alicyclic amines) is 1. The number of hydrogen-bond donors (Lipinski definition) is 1. The zero-order valence-corrected chi connectivity index (χ0v) is 9.07. The highest BCUT2D eigenvalue weighted by Crippen LogP contribution is 2.19. The van der Waals surface area contributed by atoms with E-state index >= 15 is 0 Å². The van der Waals surface area contributed by atoms with Gasteiger partial charge in [-0.3, -0.25) is 0 Å². The van der Waals surface area contributed by atoms with Crippen LogP contribution in [0.1, 0.15) is 19.8 Å². The number of carbonyl (C=O) groups is 1. The highest BCUT2D eigenvalue weighted by Gasteiger charge is 2.26. The van der Waals surface area contributed by atoms with E-state index in [1.54, 1.807) is 4.90 Å². The number of nitrogens with zero attached hydrogens (tertiary/aromatic N) is 2. The Balaban J connectivity index is 2.37. The Morgan fingerprint density at radius 3 is 2.93 bits per heavy atom. The van der Waals surface area contributed by atoms with Gasteiger partial charge in [0.1, 0.15) is 0 Å². The summed E-state index contributed by atoms with van der Waals surface area (Å²) in [5, 5.41) is 8.79. The number of aliphatic hydroxyl groups excluding tert-OH is 1. The molecule has 0 radical (unpaired) electrons. The molecule has 0 saturated carbocycles. The Hall–Kier alpha value is -0.770. The second-order valence-electron chi connectivity index (χ2n) is 3.91. The molecule has 82 valence electrons. The highest BCUT2D eigenvalue weighted by molar-refractivity contribution is 5.74. The average Bonchev–Trinajstić information content (AvgIpc) is 2.64. The van der Waals surface area contributed by atoms with E-state index in [9.17, 15) is 4.79 Å². The van der Waals surface area contributed by atoms with Crippen molar-refractivity contribution in [3.63, 3.8) is 0 Å². The molecular weight excluding hydrogens is 180 g/mol. The van der Waals surface area contributed by atoms with Gasteiger partial charge in [-0.05, 0) is 25.7 Å². The largest absolute Gasteiger partial charge is 0.396 e. The van der Waals surface area contributed by atoms with Crippen molar-refractivity contribution in [1.82, 2.24) is 9.80 Å². The van der Waals surface area contributed by atoms with Crippen molar-refractivity contribution in [3.8, 4) is 0 Å². The summed E-state index contributed by atoms with van der Waals surface area (Å²) in [4.78, 5) is 15.3. The molecule has 14 heavy (non-hydrogen) atoms. The van der Waals surface area contributed by atoms with E-state index in [4.69, 9.17) is 5.11 Å². The molecule has 2 amide bonds. The third-order valence-electron chi connectivity index (χ3n) is 2.89. The third kappa shape index (κ3) is 2.61. The van der Waals surface area contributed by atoms with Crippen molar-refractivity contribution in [3.05, 3.63) is 0 Å². The minimum absolute atomic E-state index is 0.118. The first kappa shape index (κ1) is 11.3. The Bertz CT molecular complexity index is 197. The lowest BCUT2D eigenvalue weighted by atomic mass is 10.1. The summed E-state index contributed by atoms with van der Waals surface area (Å²) in [5.74, 6) is 0.495. The van der Waals surface area contributed by atoms with Crippen LogP contribution in [0.5, 0.6) is 0 Å². The number of carbonyl (C=O) groups excluding carboxylic acids is 1. The maximum absolute atomic E-state index is 11.7. The predicted octanol–water partition coefficient (Wildman–Crippen LogP) is 0.762. The van der Waals surface area contributed by atoms with Crippen molar-refractivity contribution in [1.29, 1.82) is 0 Å². The van der Waals surface area contributed by atoms with Gasteiger partial charge in [0.2, 0.25) is 0 Å². The molecule has 0 aromatic heterocycles. The fraction of sp³-hybridized carbons (Fsp3) is 0.900. The first-order valence-corrected chi connectivity index (χ1v) is 5.30. The van der Waals surface area contributed by atoms with Crippen LogP contribution in [0.2, 0.25) is 0 Å². The molecule has 1 saturated heterocycles. The van der Waals surface area contributed by atoms with E-state index < -0.39 is 0 Å². The van der Waals surface area contributed by atoms with Gasteiger partial charge in [-0.1, -0.05) is 0 Å². The molecular formula is C10H20N2O2. The smallest absolute Gasteiger partial charge is 0.319 e. The van der Waals surface area contributed by atoms with Crippen LogP contribution in [0, 0.1) is 5.92 Å². The summed E-state index contributed by atoms with van der Waals surface area (Å²) in [5.41, 5.74) is 0. The van der Waals surface area contributed by atoms with Gasteiger partial charge in [0.05, 0.1) is 0 Å². The van der Waals surface area contributed by atoms with Crippen molar-refractivity contribution in [2.45, 2.75) is 19.8 Å². The first-order valence-electron chi connectivity index (χ1n) is 5.30. The normalized spacial score (nSPS) is 21.4. The summed E-state index contributed by atoms with van der Waals surface area (Å²) in [6.07, 6.45) is 1.85. The third-order valence-corrected chi connectivity index (χ3v) is 2.89. The van der Waals surface area contributed by atoms with Gasteiger partial charge in [0.25, 0.3) is 0 Å². The first-order chi connectivity index (χ1) is 6.69. The van der Waals surface area contributed by atoms with E-state index in [0.29, 0.717) is 5.92 Å². The van der Waals surface area contributed by atoms with Gasteiger partial charge in [0, 0.05) is 33.3 Å². The molecule has 1 aliphatic rings. The van der Waals surface area contributed by atoms with Gasteiger partial charge in [0.15, 0.2) is 0 Å². The van der Waals surface area contributed by atoms with E-state index in [-0.39, 0.29) is 12.6 Å². The molecule has 0 bridgehead atoms. The maximum Gasteiger partial charge on any atom is 0.319 e. The fourth-order valence-corrected chi connectivity index (χ4v) is 1.80. The number of hydrogen-bond acceptors (Lipinski definition) is 2. The van der Waals surface area contributed by atoms with Crippen molar-refractivity contribution in [2.75, 3.05) is 33.3 Å². The second-order valence-corrected chi connectivity index (χ2v) is 3.91. The average molecular weight is 200 g/mol. The van der Waals surface area contributed by atoms with Gasteiger partial charge >= 0.3 is 6.03 Å². The number of aliphatic hydroxyl groups is 1. The molecule has 0 aliphatic carbocycles. The van der Waals surface area contributed by atoms with Crippen LogP contribution in [0.4, 0.5) is 4.79 Å². The molecule has 4 nitrogen and oxygen atoms in total. The molecule has 1 atom stereocenters. The van der Waals surface area contributed by atoms with E-state index in [1.807, 2.05) is 18.9 Å². The topological polar surface area (TPSA) is 43.8 Å². The predicted molar refractivity (Wildman–Crippen MR) is 55.1 cm³/mol. The van der Waals surface area contributed by atoms with E-state index in [1.165, 1.54) is 0 Å². The summed E-state index contributed by atoms with van der Waals surface area (Å²) in [6.45, 7) is 4.60. The second kappa shape index (κ2) is 5.20. The lowest BCUT2D eigenvalue weighted by molar-refractivity contribution is 0.172. The zero-order chi connectivity index (χ0) is 10.6. The summed E-state index contributed by atoms with van der Waals surface area (Å²) in [7, 11) is 1.82. The summed E-state index contributed by atoms with van der Waals surface area (Å²) in [6, 6.07) is 0.118.